The predicted molar refractivity (Wildman–Crippen MR) is 391 cm³/mol. The number of carbonyl (C=O) groups is 4. The number of rotatable bonds is 77. The van der Waals surface area contributed by atoms with E-state index in [0.29, 0.717) is 31.6 Å². The van der Waals surface area contributed by atoms with Gasteiger partial charge in [-0.25, -0.2) is 9.13 Å². The third-order valence-corrected chi connectivity index (χ3v) is 19.9. The number of aliphatic hydroxyl groups excluding tert-OH is 1. The summed E-state index contributed by atoms with van der Waals surface area (Å²) >= 11 is 0. The summed E-state index contributed by atoms with van der Waals surface area (Å²) in [6.07, 6.45) is 59.8. The van der Waals surface area contributed by atoms with Crippen molar-refractivity contribution in [1.82, 2.24) is 0 Å². The van der Waals surface area contributed by atoms with E-state index in [4.69, 9.17) is 37.0 Å². The Bertz CT molecular complexity index is 1840. The monoisotopic (exact) mass is 1410 g/mol. The van der Waals surface area contributed by atoms with Crippen LogP contribution < -0.4 is 0 Å². The molecule has 5 atom stereocenters. The highest BCUT2D eigenvalue weighted by atomic mass is 31.2. The normalized spacial score (nSPS) is 13.9. The number of esters is 4. The second-order valence-corrected chi connectivity index (χ2v) is 31.1. The fourth-order valence-electron chi connectivity index (χ4n) is 11.9. The van der Waals surface area contributed by atoms with Gasteiger partial charge in [0.05, 0.1) is 26.4 Å². The lowest BCUT2D eigenvalue weighted by molar-refractivity contribution is -0.161. The molecule has 0 aromatic rings. The van der Waals surface area contributed by atoms with E-state index in [2.05, 4.69) is 34.6 Å². The molecule has 0 saturated heterocycles. The van der Waals surface area contributed by atoms with Crippen LogP contribution in [0.25, 0.3) is 0 Å². The Labute approximate surface area is 588 Å². The molecular formula is C77H150O17P2. The zero-order valence-corrected chi connectivity index (χ0v) is 64.3. The maximum absolute atomic E-state index is 13.1. The molecule has 0 radical (unpaired) electrons. The van der Waals surface area contributed by atoms with Crippen LogP contribution in [0.3, 0.4) is 0 Å². The van der Waals surface area contributed by atoms with Gasteiger partial charge in [0.25, 0.3) is 0 Å². The van der Waals surface area contributed by atoms with Crippen LogP contribution >= 0.6 is 15.6 Å². The van der Waals surface area contributed by atoms with E-state index >= 15 is 0 Å². The van der Waals surface area contributed by atoms with Crippen LogP contribution in [-0.2, 0) is 65.4 Å². The van der Waals surface area contributed by atoms with Crippen molar-refractivity contribution in [3.05, 3.63) is 0 Å². The van der Waals surface area contributed by atoms with Crippen molar-refractivity contribution in [2.45, 2.75) is 425 Å². The van der Waals surface area contributed by atoms with E-state index in [1.807, 2.05) is 0 Å². The third-order valence-electron chi connectivity index (χ3n) is 18.0. The van der Waals surface area contributed by atoms with Gasteiger partial charge >= 0.3 is 39.5 Å². The number of carbonyl (C=O) groups excluding carboxylic acids is 4. The van der Waals surface area contributed by atoms with Crippen LogP contribution in [0.5, 0.6) is 0 Å². The molecule has 19 heteroatoms. The maximum Gasteiger partial charge on any atom is 0.472 e. The highest BCUT2D eigenvalue weighted by Crippen LogP contribution is 2.45. The number of hydrogen-bond donors (Lipinski definition) is 3. The third kappa shape index (κ3) is 70.5. The molecule has 2 unspecified atom stereocenters. The zero-order chi connectivity index (χ0) is 70.5. The molecule has 0 aromatic carbocycles. The summed E-state index contributed by atoms with van der Waals surface area (Å²) in [5.41, 5.74) is 0. The van der Waals surface area contributed by atoms with Gasteiger partial charge in [-0.2, -0.15) is 0 Å². The number of ether oxygens (including phenoxy) is 4. The zero-order valence-electron chi connectivity index (χ0n) is 62.5. The number of phosphoric ester groups is 2. The van der Waals surface area contributed by atoms with Gasteiger partial charge in [0.2, 0.25) is 0 Å². The molecule has 0 aliphatic carbocycles. The molecule has 0 aliphatic heterocycles. The molecule has 0 bridgehead atoms. The molecule has 0 fully saturated rings. The molecule has 0 aliphatic rings. The van der Waals surface area contributed by atoms with Crippen LogP contribution in [-0.4, -0.2) is 96.7 Å². The van der Waals surface area contributed by atoms with Gasteiger partial charge in [0.1, 0.15) is 19.3 Å². The Kier molecular flexibility index (Phi) is 68.7. The molecule has 0 amide bonds. The molecule has 3 N–H and O–H groups in total. The number of hydrogen-bond acceptors (Lipinski definition) is 15. The topological polar surface area (TPSA) is 237 Å². The number of phosphoric acid groups is 2. The lowest BCUT2D eigenvalue weighted by Gasteiger charge is -2.21. The molecule has 0 rings (SSSR count). The first-order chi connectivity index (χ1) is 46.5. The summed E-state index contributed by atoms with van der Waals surface area (Å²) in [5, 5.41) is 10.6. The predicted octanol–water partition coefficient (Wildman–Crippen LogP) is 22.9. The summed E-state index contributed by atoms with van der Waals surface area (Å²) in [4.78, 5) is 72.8. The van der Waals surface area contributed by atoms with E-state index in [9.17, 15) is 43.2 Å². The standard InChI is InChI=1S/C77H150O17P2/c1-6-9-12-15-18-21-24-26-28-29-30-31-32-33-34-36-39-42-47-53-58-63-77(82)93-72(66-87-74(79)60-55-50-45-40-38-35-27-25-22-19-16-13-10-7-2)68-91-95(83,84)89-64-71(78)65-90-96(85,86)92-69-73(67-88-75(80)61-56-51-48-43-44-49-54-59-70(4)5)94-76(81)62-57-52-46-41-37-23-20-17-14-11-8-3/h70-73,78H,6-69H2,1-5H3,(H,83,84)(H,85,86)/t71-,72-,73-/m1/s1. The molecular weight excluding hydrogens is 1260 g/mol. The van der Waals surface area contributed by atoms with Gasteiger partial charge in [-0.3, -0.25) is 37.3 Å². The fraction of sp³-hybridized carbons (Fsp3) is 0.948. The summed E-state index contributed by atoms with van der Waals surface area (Å²) in [6.45, 7) is 7.24. The largest absolute Gasteiger partial charge is 0.472 e. The molecule has 0 aromatic heterocycles. The first-order valence-electron chi connectivity index (χ1n) is 40.1. The summed E-state index contributed by atoms with van der Waals surface area (Å²) in [6, 6.07) is 0. The Balaban J connectivity index is 5.19. The minimum Gasteiger partial charge on any atom is -0.462 e. The smallest absolute Gasteiger partial charge is 0.462 e. The molecule has 0 heterocycles. The minimum absolute atomic E-state index is 0.107. The van der Waals surface area contributed by atoms with Crippen LogP contribution in [0.1, 0.15) is 407 Å². The fourth-order valence-corrected chi connectivity index (χ4v) is 13.5. The summed E-state index contributed by atoms with van der Waals surface area (Å²) in [5.74, 6) is -1.41. The lowest BCUT2D eigenvalue weighted by atomic mass is 10.0. The van der Waals surface area contributed by atoms with E-state index in [1.54, 1.807) is 0 Å². The van der Waals surface area contributed by atoms with Crippen LogP contribution in [0.15, 0.2) is 0 Å². The second-order valence-electron chi connectivity index (χ2n) is 28.2. The van der Waals surface area contributed by atoms with Crippen molar-refractivity contribution in [1.29, 1.82) is 0 Å². The lowest BCUT2D eigenvalue weighted by Crippen LogP contribution is -2.30. The quantitative estimate of drug-likeness (QED) is 0.0222. The average Bonchev–Trinajstić information content (AvgIpc) is 2.91. The van der Waals surface area contributed by atoms with Gasteiger partial charge in [-0.05, 0) is 31.6 Å². The van der Waals surface area contributed by atoms with E-state index in [1.165, 1.54) is 225 Å². The van der Waals surface area contributed by atoms with Crippen molar-refractivity contribution >= 4 is 39.5 Å². The average molecular weight is 1410 g/mol. The molecule has 96 heavy (non-hydrogen) atoms. The highest BCUT2D eigenvalue weighted by molar-refractivity contribution is 7.47. The van der Waals surface area contributed by atoms with Gasteiger partial charge in [0.15, 0.2) is 12.2 Å². The summed E-state index contributed by atoms with van der Waals surface area (Å²) in [7, 11) is -9.91. The Morgan fingerprint density at radius 1 is 0.281 bits per heavy atom. The first-order valence-corrected chi connectivity index (χ1v) is 43.1. The summed E-state index contributed by atoms with van der Waals surface area (Å²) < 4.78 is 68.5. The van der Waals surface area contributed by atoms with E-state index in [-0.39, 0.29) is 25.7 Å². The maximum atomic E-state index is 13.1. The minimum atomic E-state index is -4.96. The molecule has 0 saturated carbocycles. The van der Waals surface area contributed by atoms with Gasteiger partial charge < -0.3 is 33.8 Å². The number of aliphatic hydroxyl groups is 1. The molecule has 0 spiro atoms. The van der Waals surface area contributed by atoms with Crippen molar-refractivity contribution in [2.75, 3.05) is 39.6 Å². The number of unbranched alkanes of at least 4 members (excludes halogenated alkanes) is 49. The molecule has 570 valence electrons. The Morgan fingerprint density at radius 3 is 0.708 bits per heavy atom. The highest BCUT2D eigenvalue weighted by Gasteiger charge is 2.30. The SMILES string of the molecule is CCCCCCCCCCCCCCCCCCCCCCCC(=O)O[C@H](COC(=O)CCCCCCCCCCCCCCCC)COP(=O)(O)OC[C@@H](O)COP(=O)(O)OC[C@@H](COC(=O)CCCCCCCCCC(C)C)OC(=O)CCCCCCCCCCCCC. The van der Waals surface area contributed by atoms with Crippen molar-refractivity contribution in [2.24, 2.45) is 5.92 Å². The van der Waals surface area contributed by atoms with Crippen LogP contribution in [0.4, 0.5) is 0 Å². The van der Waals surface area contributed by atoms with Gasteiger partial charge in [0, 0.05) is 25.7 Å². The van der Waals surface area contributed by atoms with Gasteiger partial charge in [-0.15, -0.1) is 0 Å². The van der Waals surface area contributed by atoms with Crippen molar-refractivity contribution in [3.63, 3.8) is 0 Å². The van der Waals surface area contributed by atoms with Crippen LogP contribution in [0.2, 0.25) is 0 Å². The second kappa shape index (κ2) is 70.1. The van der Waals surface area contributed by atoms with E-state index in [0.717, 1.165) is 96.3 Å². The van der Waals surface area contributed by atoms with E-state index < -0.39 is 97.5 Å². The van der Waals surface area contributed by atoms with Crippen LogP contribution in [0, 0.1) is 5.92 Å². The Morgan fingerprint density at radius 2 is 0.479 bits per heavy atom. The van der Waals surface area contributed by atoms with Crippen molar-refractivity contribution < 1.29 is 80.2 Å². The Hall–Kier alpha value is -1.94. The van der Waals surface area contributed by atoms with Gasteiger partial charge in [-0.1, -0.05) is 356 Å². The van der Waals surface area contributed by atoms with Crippen molar-refractivity contribution in [3.8, 4) is 0 Å². The first kappa shape index (κ1) is 94.1. The molecule has 17 nitrogen and oxygen atoms in total.